The number of allylic oxidation sites excluding steroid dienone is 1. The minimum absolute atomic E-state index is 0.136. The van der Waals surface area contributed by atoms with Crippen LogP contribution in [0.2, 0.25) is 0 Å². The number of carbonyl (C=O) groups is 1. The first kappa shape index (κ1) is 25.2. The highest BCUT2D eigenvalue weighted by molar-refractivity contribution is 7.98. The normalized spacial score (nSPS) is 14.4. The van der Waals surface area contributed by atoms with E-state index in [-0.39, 0.29) is 11.7 Å². The topological polar surface area (TPSA) is 111 Å². The first-order valence-electron chi connectivity index (χ1n) is 11.9. The Hall–Kier alpha value is -4.44. The van der Waals surface area contributed by atoms with Gasteiger partial charge >= 0.3 is 0 Å². The van der Waals surface area contributed by atoms with Gasteiger partial charge in [-0.1, -0.05) is 48.2 Å². The molecule has 1 aromatic heterocycles. The summed E-state index contributed by atoms with van der Waals surface area (Å²) < 4.78 is 12.4. The molecular formula is C28H27N5O4S. The number of phenolic OH excluding ortho intramolecular Hbond substituents is 1. The van der Waals surface area contributed by atoms with E-state index >= 15 is 0 Å². The number of aromatic hydroxyl groups is 1. The van der Waals surface area contributed by atoms with Crippen LogP contribution < -0.4 is 20.1 Å². The Morgan fingerprint density at radius 3 is 2.63 bits per heavy atom. The molecule has 2 heterocycles. The van der Waals surface area contributed by atoms with Crippen molar-refractivity contribution in [2.45, 2.75) is 23.9 Å². The van der Waals surface area contributed by atoms with E-state index in [1.807, 2.05) is 43.3 Å². The van der Waals surface area contributed by atoms with Gasteiger partial charge in [-0.3, -0.25) is 4.79 Å². The number of ether oxygens (including phenoxy) is 2. The van der Waals surface area contributed by atoms with Crippen LogP contribution in [0.1, 0.15) is 24.1 Å². The van der Waals surface area contributed by atoms with Crippen molar-refractivity contribution >= 4 is 29.3 Å². The number of benzene rings is 3. The number of methoxy groups -OCH3 is 2. The molecule has 0 unspecified atom stereocenters. The van der Waals surface area contributed by atoms with Gasteiger partial charge in [-0.15, -0.1) is 5.10 Å². The number of amides is 1. The Morgan fingerprint density at radius 1 is 1.08 bits per heavy atom. The maximum absolute atomic E-state index is 13.7. The zero-order valence-corrected chi connectivity index (χ0v) is 22.0. The van der Waals surface area contributed by atoms with Gasteiger partial charge in [0.25, 0.3) is 5.91 Å². The number of nitrogens with one attached hydrogen (secondary N) is 2. The van der Waals surface area contributed by atoms with E-state index in [2.05, 4.69) is 10.6 Å². The van der Waals surface area contributed by atoms with Crippen molar-refractivity contribution in [1.29, 1.82) is 0 Å². The van der Waals surface area contributed by atoms with Crippen LogP contribution in [0.15, 0.2) is 89.2 Å². The lowest BCUT2D eigenvalue weighted by Gasteiger charge is -2.28. The number of aromatic nitrogens is 3. The number of nitrogens with zero attached hydrogens (tertiary/aromatic N) is 3. The summed E-state index contributed by atoms with van der Waals surface area (Å²) in [6, 6.07) is 21.3. The van der Waals surface area contributed by atoms with Gasteiger partial charge in [-0.05, 0) is 54.4 Å². The van der Waals surface area contributed by atoms with Crippen LogP contribution >= 0.6 is 11.8 Å². The molecule has 5 rings (SSSR count). The fraction of sp³-hybridized carbons (Fsp3) is 0.179. The van der Waals surface area contributed by atoms with Gasteiger partial charge in [0, 0.05) is 11.4 Å². The minimum Gasteiger partial charge on any atom is -0.508 e. The molecule has 0 saturated carbocycles. The maximum atomic E-state index is 13.7. The second kappa shape index (κ2) is 10.9. The van der Waals surface area contributed by atoms with E-state index in [0.717, 1.165) is 16.9 Å². The van der Waals surface area contributed by atoms with Crippen LogP contribution in [0, 0.1) is 0 Å². The van der Waals surface area contributed by atoms with E-state index in [1.165, 1.54) is 11.8 Å². The summed E-state index contributed by atoms with van der Waals surface area (Å²) in [5, 5.41) is 21.4. The first-order valence-corrected chi connectivity index (χ1v) is 12.9. The number of thioether (sulfide) groups is 1. The third kappa shape index (κ3) is 5.16. The van der Waals surface area contributed by atoms with Crippen molar-refractivity contribution in [3.8, 4) is 17.2 Å². The average molecular weight is 530 g/mol. The lowest BCUT2D eigenvalue weighted by atomic mass is 9.95. The first-order chi connectivity index (χ1) is 18.5. The summed E-state index contributed by atoms with van der Waals surface area (Å²) in [6.07, 6.45) is 0. The predicted octanol–water partition coefficient (Wildman–Crippen LogP) is 5.22. The standard InChI is InChI=1S/C28H27N5O4S/c1-17-24(26(35)30-22-9-4-5-10-23(22)37-3)25(19-11-13-20(34)14-12-19)33-27(29-17)31-28(32-33)38-16-18-7-6-8-21(15-18)36-2/h4-15,25,34H,16H2,1-3H3,(H,30,35)(H,29,31,32)/t25-/m1/s1. The number of anilines is 2. The van der Waals surface area contributed by atoms with Gasteiger partial charge in [-0.25, -0.2) is 4.68 Å². The Balaban J connectivity index is 1.48. The molecule has 1 amide bonds. The monoisotopic (exact) mass is 529 g/mol. The lowest BCUT2D eigenvalue weighted by Crippen LogP contribution is -2.31. The second-order valence-electron chi connectivity index (χ2n) is 8.61. The molecular weight excluding hydrogens is 502 g/mol. The highest BCUT2D eigenvalue weighted by Crippen LogP contribution is 2.38. The zero-order valence-electron chi connectivity index (χ0n) is 21.1. The van der Waals surface area contributed by atoms with E-state index in [1.54, 1.807) is 55.3 Å². The van der Waals surface area contributed by atoms with E-state index in [0.29, 0.717) is 39.6 Å². The second-order valence-corrected chi connectivity index (χ2v) is 9.56. The smallest absolute Gasteiger partial charge is 0.255 e. The molecule has 1 atom stereocenters. The number of phenols is 1. The van der Waals surface area contributed by atoms with Crippen LogP contribution in [-0.4, -0.2) is 40.0 Å². The van der Waals surface area contributed by atoms with Crippen molar-refractivity contribution in [3.05, 3.63) is 95.2 Å². The SMILES string of the molecule is COc1cccc(CSc2nc3n(n2)[C@H](c2ccc(O)cc2)C(C(=O)Nc2ccccc2OC)=C(C)N3)c1. The molecule has 10 heteroatoms. The van der Waals surface area contributed by atoms with Crippen LogP contribution in [-0.2, 0) is 10.5 Å². The van der Waals surface area contributed by atoms with Crippen molar-refractivity contribution in [2.75, 3.05) is 24.9 Å². The summed E-state index contributed by atoms with van der Waals surface area (Å²) in [4.78, 5) is 18.4. The molecule has 0 saturated heterocycles. The summed E-state index contributed by atoms with van der Waals surface area (Å²) in [5.41, 5.74) is 3.55. The molecule has 4 aromatic rings. The fourth-order valence-corrected chi connectivity index (χ4v) is 5.07. The van der Waals surface area contributed by atoms with E-state index in [9.17, 15) is 9.90 Å². The lowest BCUT2D eigenvalue weighted by molar-refractivity contribution is -0.113. The molecule has 3 N–H and O–H groups in total. The predicted molar refractivity (Wildman–Crippen MR) is 147 cm³/mol. The van der Waals surface area contributed by atoms with Crippen LogP contribution in [0.4, 0.5) is 11.6 Å². The Labute approximate surface area is 224 Å². The van der Waals surface area contributed by atoms with Gasteiger partial charge in [-0.2, -0.15) is 4.98 Å². The van der Waals surface area contributed by atoms with Gasteiger partial charge in [0.15, 0.2) is 0 Å². The van der Waals surface area contributed by atoms with Crippen LogP contribution in [0.25, 0.3) is 0 Å². The van der Waals surface area contributed by atoms with E-state index < -0.39 is 6.04 Å². The van der Waals surface area contributed by atoms with Crippen molar-refractivity contribution < 1.29 is 19.4 Å². The molecule has 3 aromatic carbocycles. The third-order valence-corrected chi connectivity index (χ3v) is 7.05. The summed E-state index contributed by atoms with van der Waals surface area (Å²) in [5.74, 6) is 2.36. The van der Waals surface area contributed by atoms with Crippen molar-refractivity contribution in [1.82, 2.24) is 14.8 Å². The average Bonchev–Trinajstić information content (AvgIpc) is 3.34. The number of fused-ring (bicyclic) bond motifs is 1. The molecule has 0 radical (unpaired) electrons. The number of rotatable bonds is 8. The summed E-state index contributed by atoms with van der Waals surface area (Å²) >= 11 is 1.49. The van der Waals surface area contributed by atoms with Crippen molar-refractivity contribution in [3.63, 3.8) is 0 Å². The zero-order chi connectivity index (χ0) is 26.6. The van der Waals surface area contributed by atoms with Crippen LogP contribution in [0.5, 0.6) is 17.2 Å². The largest absolute Gasteiger partial charge is 0.508 e. The number of hydrogen-bond donors (Lipinski definition) is 3. The molecule has 1 aliphatic heterocycles. The molecule has 0 spiro atoms. The Bertz CT molecular complexity index is 1500. The van der Waals surface area contributed by atoms with Gasteiger partial charge in [0.2, 0.25) is 11.1 Å². The molecule has 194 valence electrons. The molecule has 0 aliphatic carbocycles. The molecule has 1 aliphatic rings. The Kier molecular flexibility index (Phi) is 7.23. The van der Waals surface area contributed by atoms with Gasteiger partial charge in [0.05, 0.1) is 25.5 Å². The van der Waals surface area contributed by atoms with Crippen LogP contribution in [0.3, 0.4) is 0 Å². The van der Waals surface area contributed by atoms with Gasteiger partial charge in [0.1, 0.15) is 23.3 Å². The minimum atomic E-state index is -0.569. The summed E-state index contributed by atoms with van der Waals surface area (Å²) in [7, 11) is 3.20. The summed E-state index contributed by atoms with van der Waals surface area (Å²) in [6.45, 7) is 1.84. The van der Waals surface area contributed by atoms with E-state index in [4.69, 9.17) is 19.6 Å². The quantitative estimate of drug-likeness (QED) is 0.267. The number of para-hydroxylation sites is 2. The maximum Gasteiger partial charge on any atom is 0.255 e. The highest BCUT2D eigenvalue weighted by Gasteiger charge is 2.34. The molecule has 38 heavy (non-hydrogen) atoms. The number of carbonyl (C=O) groups excluding carboxylic acids is 1. The Morgan fingerprint density at radius 2 is 1.87 bits per heavy atom. The molecule has 9 nitrogen and oxygen atoms in total. The highest BCUT2D eigenvalue weighted by atomic mass is 32.2. The molecule has 0 fully saturated rings. The number of hydrogen-bond acceptors (Lipinski definition) is 8. The third-order valence-electron chi connectivity index (χ3n) is 6.14. The molecule has 0 bridgehead atoms. The van der Waals surface area contributed by atoms with Gasteiger partial charge < -0.3 is 25.2 Å². The fourth-order valence-electron chi connectivity index (χ4n) is 4.30. The van der Waals surface area contributed by atoms with Crippen molar-refractivity contribution in [2.24, 2.45) is 0 Å².